The van der Waals surface area contributed by atoms with Crippen LogP contribution in [0.4, 0.5) is 0 Å². The van der Waals surface area contributed by atoms with Crippen LogP contribution in [0.25, 0.3) is 0 Å². The first kappa shape index (κ1) is 16.0. The normalized spacial score (nSPS) is 22.9. The molecular weight excluding hydrogens is 242 g/mol. The molecule has 19 heavy (non-hydrogen) atoms. The molecular formula is C14H27N3O2. The van der Waals surface area contributed by atoms with E-state index in [1.807, 2.05) is 0 Å². The van der Waals surface area contributed by atoms with Crippen LogP contribution in [0.1, 0.15) is 44.9 Å². The van der Waals surface area contributed by atoms with E-state index < -0.39 is 0 Å². The van der Waals surface area contributed by atoms with Crippen LogP contribution in [0.15, 0.2) is 0 Å². The minimum Gasteiger partial charge on any atom is -0.356 e. The number of hydrogen-bond donors (Lipinski definition) is 2. The Hall–Kier alpha value is -1.10. The first-order valence-electron chi connectivity index (χ1n) is 7.21. The fourth-order valence-corrected chi connectivity index (χ4v) is 2.55. The topological polar surface area (TPSA) is 75.4 Å². The molecule has 1 fully saturated rings. The third-order valence-electron chi connectivity index (χ3n) is 3.76. The van der Waals surface area contributed by atoms with Crippen molar-refractivity contribution in [2.24, 2.45) is 11.7 Å². The van der Waals surface area contributed by atoms with Gasteiger partial charge < -0.3 is 16.0 Å². The van der Waals surface area contributed by atoms with E-state index in [9.17, 15) is 9.59 Å². The maximum absolute atomic E-state index is 11.7. The summed E-state index contributed by atoms with van der Waals surface area (Å²) in [5.41, 5.74) is 5.93. The van der Waals surface area contributed by atoms with Crippen molar-refractivity contribution >= 4 is 11.8 Å². The minimum absolute atomic E-state index is 0.0403. The predicted octanol–water partition coefficient (Wildman–Crippen LogP) is 0.879. The Morgan fingerprint density at radius 1 is 1.26 bits per heavy atom. The summed E-state index contributed by atoms with van der Waals surface area (Å²) in [6.07, 6.45) is 6.38. The lowest BCUT2D eigenvalue weighted by molar-refractivity contribution is -0.128. The van der Waals surface area contributed by atoms with Gasteiger partial charge in [0, 0.05) is 39.5 Å². The number of rotatable bonds is 6. The first-order chi connectivity index (χ1) is 8.99. The van der Waals surface area contributed by atoms with Crippen molar-refractivity contribution in [3.05, 3.63) is 0 Å². The van der Waals surface area contributed by atoms with E-state index in [4.69, 9.17) is 5.73 Å². The van der Waals surface area contributed by atoms with Crippen LogP contribution in [-0.4, -0.2) is 43.4 Å². The maximum Gasteiger partial charge on any atom is 0.223 e. The zero-order chi connectivity index (χ0) is 14.3. The number of hydrogen-bond acceptors (Lipinski definition) is 3. The summed E-state index contributed by atoms with van der Waals surface area (Å²) in [5.74, 6) is 0.683. The molecule has 1 aliphatic rings. The third kappa shape index (κ3) is 6.57. The molecule has 1 aliphatic carbocycles. The average Bonchev–Trinajstić information content (AvgIpc) is 2.36. The Kier molecular flexibility index (Phi) is 6.84. The molecule has 0 spiro atoms. The summed E-state index contributed by atoms with van der Waals surface area (Å²) < 4.78 is 0. The fourth-order valence-electron chi connectivity index (χ4n) is 2.55. The van der Waals surface area contributed by atoms with Crippen LogP contribution in [-0.2, 0) is 9.59 Å². The second-order valence-electron chi connectivity index (χ2n) is 5.72. The number of carbonyl (C=O) groups excluding carboxylic acids is 2. The van der Waals surface area contributed by atoms with E-state index in [0.717, 1.165) is 19.3 Å². The van der Waals surface area contributed by atoms with Gasteiger partial charge in [-0.15, -0.1) is 0 Å². The Labute approximate surface area is 115 Å². The quantitative estimate of drug-likeness (QED) is 0.751. The number of amides is 2. The van der Waals surface area contributed by atoms with Crippen molar-refractivity contribution in [2.75, 3.05) is 20.6 Å². The van der Waals surface area contributed by atoms with Gasteiger partial charge in [0.15, 0.2) is 0 Å². The number of carbonyl (C=O) groups is 2. The van der Waals surface area contributed by atoms with Crippen LogP contribution in [0.3, 0.4) is 0 Å². The molecule has 1 rings (SSSR count). The number of nitrogens with two attached hydrogens (primary N) is 1. The van der Waals surface area contributed by atoms with Crippen molar-refractivity contribution in [1.29, 1.82) is 0 Å². The van der Waals surface area contributed by atoms with Crippen LogP contribution in [0.5, 0.6) is 0 Å². The summed E-state index contributed by atoms with van der Waals surface area (Å²) >= 11 is 0. The molecule has 0 radical (unpaired) electrons. The molecule has 0 heterocycles. The van der Waals surface area contributed by atoms with Crippen LogP contribution >= 0.6 is 0 Å². The van der Waals surface area contributed by atoms with Gasteiger partial charge >= 0.3 is 0 Å². The van der Waals surface area contributed by atoms with Crippen molar-refractivity contribution in [2.45, 2.75) is 51.0 Å². The highest BCUT2D eigenvalue weighted by Gasteiger charge is 2.19. The molecule has 3 N–H and O–H groups in total. The van der Waals surface area contributed by atoms with Crippen LogP contribution in [0, 0.1) is 5.92 Å². The van der Waals surface area contributed by atoms with Crippen LogP contribution < -0.4 is 11.1 Å². The first-order valence-corrected chi connectivity index (χ1v) is 7.21. The summed E-state index contributed by atoms with van der Waals surface area (Å²) in [7, 11) is 3.44. The van der Waals surface area contributed by atoms with Crippen LogP contribution in [0.2, 0.25) is 0 Å². The zero-order valence-electron chi connectivity index (χ0n) is 12.2. The average molecular weight is 269 g/mol. The minimum atomic E-state index is 0.0403. The maximum atomic E-state index is 11.7. The molecule has 0 aliphatic heterocycles. The summed E-state index contributed by atoms with van der Waals surface area (Å²) in [5, 5.41) is 2.80. The third-order valence-corrected chi connectivity index (χ3v) is 3.76. The number of nitrogens with one attached hydrogen (secondary N) is 1. The molecule has 0 saturated heterocycles. The van der Waals surface area contributed by atoms with E-state index in [0.29, 0.717) is 31.3 Å². The molecule has 2 atom stereocenters. The Morgan fingerprint density at radius 3 is 2.63 bits per heavy atom. The molecule has 2 unspecified atom stereocenters. The summed E-state index contributed by atoms with van der Waals surface area (Å²) in [4.78, 5) is 24.5. The smallest absolute Gasteiger partial charge is 0.223 e. The van der Waals surface area contributed by atoms with Gasteiger partial charge in [0.25, 0.3) is 0 Å². The van der Waals surface area contributed by atoms with E-state index in [1.54, 1.807) is 14.1 Å². The zero-order valence-corrected chi connectivity index (χ0v) is 12.2. The SMILES string of the molecule is CN(C)C(=O)CCNC(=O)CCC1CCCC(N)C1. The van der Waals surface area contributed by atoms with Gasteiger partial charge in [0.1, 0.15) is 0 Å². The number of nitrogens with zero attached hydrogens (tertiary/aromatic N) is 1. The van der Waals surface area contributed by atoms with E-state index >= 15 is 0 Å². The molecule has 5 nitrogen and oxygen atoms in total. The van der Waals surface area contributed by atoms with Gasteiger partial charge in [0.2, 0.25) is 11.8 Å². The highest BCUT2D eigenvalue weighted by atomic mass is 16.2. The largest absolute Gasteiger partial charge is 0.356 e. The van der Waals surface area contributed by atoms with Crippen molar-refractivity contribution in [3.63, 3.8) is 0 Å². The van der Waals surface area contributed by atoms with Gasteiger partial charge in [-0.05, 0) is 25.2 Å². The van der Waals surface area contributed by atoms with E-state index in [1.165, 1.54) is 17.7 Å². The molecule has 0 aromatic rings. The van der Waals surface area contributed by atoms with Gasteiger partial charge in [-0.2, -0.15) is 0 Å². The fraction of sp³-hybridized carbons (Fsp3) is 0.857. The lowest BCUT2D eigenvalue weighted by atomic mass is 9.83. The molecule has 0 aromatic carbocycles. The van der Waals surface area contributed by atoms with Gasteiger partial charge in [-0.25, -0.2) is 0 Å². The Morgan fingerprint density at radius 2 is 2.00 bits per heavy atom. The monoisotopic (exact) mass is 269 g/mol. The second kappa shape index (κ2) is 8.15. The molecule has 0 aromatic heterocycles. The predicted molar refractivity (Wildman–Crippen MR) is 75.5 cm³/mol. The molecule has 1 saturated carbocycles. The summed E-state index contributed by atoms with van der Waals surface area (Å²) in [6, 6.07) is 0.319. The van der Waals surface area contributed by atoms with Crippen molar-refractivity contribution in [1.82, 2.24) is 10.2 Å². The molecule has 2 amide bonds. The lowest BCUT2D eigenvalue weighted by Crippen LogP contribution is -2.31. The Bertz CT molecular complexity index is 305. The highest BCUT2D eigenvalue weighted by molar-refractivity contribution is 5.78. The standard InChI is InChI=1S/C14H27N3O2/c1-17(2)14(19)8-9-16-13(18)7-6-11-4-3-5-12(15)10-11/h11-12H,3-10,15H2,1-2H3,(H,16,18). The highest BCUT2D eigenvalue weighted by Crippen LogP contribution is 2.26. The van der Waals surface area contributed by atoms with Gasteiger partial charge in [0.05, 0.1) is 0 Å². The van der Waals surface area contributed by atoms with E-state index in [-0.39, 0.29) is 11.8 Å². The lowest BCUT2D eigenvalue weighted by Gasteiger charge is -2.26. The summed E-state index contributed by atoms with van der Waals surface area (Å²) in [6.45, 7) is 0.431. The van der Waals surface area contributed by atoms with E-state index in [2.05, 4.69) is 5.32 Å². The van der Waals surface area contributed by atoms with Crippen molar-refractivity contribution < 1.29 is 9.59 Å². The van der Waals surface area contributed by atoms with Gasteiger partial charge in [-0.1, -0.05) is 12.8 Å². The van der Waals surface area contributed by atoms with Crippen molar-refractivity contribution in [3.8, 4) is 0 Å². The Balaban J connectivity index is 2.09. The second-order valence-corrected chi connectivity index (χ2v) is 5.72. The molecule has 0 bridgehead atoms. The molecule has 5 heteroatoms. The van der Waals surface area contributed by atoms with Gasteiger partial charge in [-0.3, -0.25) is 9.59 Å². The molecule has 110 valence electrons.